The Morgan fingerprint density at radius 2 is 1.76 bits per heavy atom. The van der Waals surface area contributed by atoms with Crippen molar-refractivity contribution in [2.24, 2.45) is 0 Å². The van der Waals surface area contributed by atoms with Crippen LogP contribution >= 0.6 is 11.6 Å². The molecule has 0 bridgehead atoms. The Hall–Kier alpha value is -2.73. The number of nitrogens with two attached hydrogens (primary N) is 1. The Labute approximate surface area is 149 Å². The standard InChI is InChI=1S/C18H16ClNO5/c19-13-4-2-12(8-14(13)20)18(22)25-10-15(21)11-3-5-16-17(9-11)24-7-1-6-23-16/h2-5,8-9H,1,6-7,10,20H2. The van der Waals surface area contributed by atoms with Gasteiger partial charge in [-0.25, -0.2) is 4.79 Å². The van der Waals surface area contributed by atoms with Gasteiger partial charge < -0.3 is 19.9 Å². The lowest BCUT2D eigenvalue weighted by molar-refractivity contribution is 0.0475. The van der Waals surface area contributed by atoms with Crippen molar-refractivity contribution in [3.63, 3.8) is 0 Å². The number of esters is 1. The molecule has 3 rings (SSSR count). The molecule has 6 nitrogen and oxygen atoms in total. The Balaban J connectivity index is 1.65. The van der Waals surface area contributed by atoms with Crippen molar-refractivity contribution < 1.29 is 23.8 Å². The molecule has 0 aromatic heterocycles. The van der Waals surface area contributed by atoms with Gasteiger partial charge in [-0.15, -0.1) is 0 Å². The van der Waals surface area contributed by atoms with Crippen molar-refractivity contribution in [2.75, 3.05) is 25.6 Å². The van der Waals surface area contributed by atoms with Gasteiger partial charge in [0.15, 0.2) is 23.9 Å². The Morgan fingerprint density at radius 3 is 2.52 bits per heavy atom. The molecule has 0 unspecified atom stereocenters. The maximum Gasteiger partial charge on any atom is 0.338 e. The number of nitrogen functional groups attached to an aromatic ring is 1. The van der Waals surface area contributed by atoms with E-state index < -0.39 is 5.97 Å². The number of hydrogen-bond acceptors (Lipinski definition) is 6. The highest BCUT2D eigenvalue weighted by molar-refractivity contribution is 6.33. The van der Waals surface area contributed by atoms with E-state index in [4.69, 9.17) is 31.5 Å². The molecular weight excluding hydrogens is 346 g/mol. The molecule has 0 saturated carbocycles. The van der Waals surface area contributed by atoms with Crippen molar-refractivity contribution >= 4 is 29.0 Å². The number of hydrogen-bond donors (Lipinski definition) is 1. The fraction of sp³-hybridized carbons (Fsp3) is 0.222. The molecule has 7 heteroatoms. The monoisotopic (exact) mass is 361 g/mol. The van der Waals surface area contributed by atoms with Gasteiger partial charge >= 0.3 is 5.97 Å². The van der Waals surface area contributed by atoms with Gasteiger partial charge in [0, 0.05) is 12.0 Å². The third-order valence-electron chi connectivity index (χ3n) is 3.64. The van der Waals surface area contributed by atoms with Crippen LogP contribution in [0.2, 0.25) is 5.02 Å². The van der Waals surface area contributed by atoms with E-state index in [0.717, 1.165) is 6.42 Å². The first-order chi connectivity index (χ1) is 12.0. The largest absolute Gasteiger partial charge is 0.490 e. The van der Waals surface area contributed by atoms with Gasteiger partial charge in [-0.1, -0.05) is 11.6 Å². The molecule has 130 valence electrons. The van der Waals surface area contributed by atoms with Gasteiger partial charge in [0.1, 0.15) is 0 Å². The quantitative estimate of drug-likeness (QED) is 0.511. The summed E-state index contributed by atoms with van der Waals surface area (Å²) in [6, 6.07) is 9.28. The topological polar surface area (TPSA) is 87.9 Å². The molecule has 1 heterocycles. The average molecular weight is 362 g/mol. The van der Waals surface area contributed by atoms with Crippen molar-refractivity contribution in [1.82, 2.24) is 0 Å². The summed E-state index contributed by atoms with van der Waals surface area (Å²) in [4.78, 5) is 24.3. The molecule has 2 aromatic rings. The molecule has 25 heavy (non-hydrogen) atoms. The Morgan fingerprint density at radius 1 is 1.04 bits per heavy atom. The second-order valence-electron chi connectivity index (χ2n) is 5.45. The lowest BCUT2D eigenvalue weighted by Crippen LogP contribution is -2.14. The van der Waals surface area contributed by atoms with Crippen LogP contribution in [0.3, 0.4) is 0 Å². The fourth-order valence-electron chi connectivity index (χ4n) is 2.31. The number of carbonyl (C=O) groups excluding carboxylic acids is 2. The zero-order valence-electron chi connectivity index (χ0n) is 13.3. The SMILES string of the molecule is Nc1cc(C(=O)OCC(=O)c2ccc3c(c2)OCCCO3)ccc1Cl. The van der Waals surface area contributed by atoms with E-state index in [1.165, 1.54) is 18.2 Å². The van der Waals surface area contributed by atoms with Gasteiger partial charge in [0.2, 0.25) is 0 Å². The Kier molecular flexibility index (Phi) is 5.09. The first-order valence-corrected chi connectivity index (χ1v) is 8.07. The molecule has 0 radical (unpaired) electrons. The predicted octanol–water partition coefficient (Wildman–Crippen LogP) is 3.12. The van der Waals surface area contributed by atoms with Gasteiger partial charge in [0.25, 0.3) is 0 Å². The highest BCUT2D eigenvalue weighted by atomic mass is 35.5. The molecule has 0 spiro atoms. The lowest BCUT2D eigenvalue weighted by atomic mass is 10.1. The molecule has 0 fully saturated rings. The molecule has 2 N–H and O–H groups in total. The van der Waals surface area contributed by atoms with Crippen LogP contribution in [0.1, 0.15) is 27.1 Å². The zero-order valence-corrected chi connectivity index (χ0v) is 14.0. The minimum absolute atomic E-state index is 0.230. The summed E-state index contributed by atoms with van der Waals surface area (Å²) < 4.78 is 16.1. The highest BCUT2D eigenvalue weighted by Gasteiger charge is 2.16. The number of benzene rings is 2. The number of halogens is 1. The van der Waals surface area contributed by atoms with Crippen molar-refractivity contribution in [3.8, 4) is 11.5 Å². The average Bonchev–Trinajstić information content (AvgIpc) is 2.86. The van der Waals surface area contributed by atoms with E-state index in [0.29, 0.717) is 35.3 Å². The molecule has 2 aromatic carbocycles. The number of carbonyl (C=O) groups is 2. The Bertz CT molecular complexity index is 821. The van der Waals surface area contributed by atoms with Gasteiger partial charge in [-0.3, -0.25) is 4.79 Å². The van der Waals surface area contributed by atoms with Gasteiger partial charge in [0.05, 0.1) is 29.5 Å². The van der Waals surface area contributed by atoms with E-state index in [9.17, 15) is 9.59 Å². The molecule has 1 aliphatic heterocycles. The van der Waals surface area contributed by atoms with E-state index >= 15 is 0 Å². The smallest absolute Gasteiger partial charge is 0.338 e. The molecule has 0 atom stereocenters. The number of ether oxygens (including phenoxy) is 3. The van der Waals surface area contributed by atoms with Crippen LogP contribution in [-0.4, -0.2) is 31.6 Å². The van der Waals surface area contributed by atoms with Crippen LogP contribution in [0.25, 0.3) is 0 Å². The first kappa shape index (κ1) is 17.1. The van der Waals surface area contributed by atoms with Crippen molar-refractivity contribution in [3.05, 3.63) is 52.5 Å². The van der Waals surface area contributed by atoms with E-state index in [1.807, 2.05) is 0 Å². The maximum atomic E-state index is 12.3. The number of rotatable bonds is 4. The molecule has 0 aliphatic carbocycles. The molecule has 0 saturated heterocycles. The van der Waals surface area contributed by atoms with E-state index in [-0.39, 0.29) is 23.6 Å². The zero-order chi connectivity index (χ0) is 17.8. The van der Waals surface area contributed by atoms with Crippen molar-refractivity contribution in [1.29, 1.82) is 0 Å². The third kappa shape index (κ3) is 4.03. The van der Waals surface area contributed by atoms with Crippen LogP contribution < -0.4 is 15.2 Å². The second-order valence-corrected chi connectivity index (χ2v) is 5.85. The summed E-state index contributed by atoms with van der Waals surface area (Å²) in [7, 11) is 0. The van der Waals surface area contributed by atoms with Gasteiger partial charge in [-0.05, 0) is 36.4 Å². The molecular formula is C18H16ClNO5. The van der Waals surface area contributed by atoms with E-state index in [1.54, 1.807) is 18.2 Å². The summed E-state index contributed by atoms with van der Waals surface area (Å²) in [6.45, 7) is 0.709. The van der Waals surface area contributed by atoms with Gasteiger partial charge in [-0.2, -0.15) is 0 Å². The first-order valence-electron chi connectivity index (χ1n) is 7.69. The minimum atomic E-state index is -0.647. The minimum Gasteiger partial charge on any atom is -0.490 e. The van der Waals surface area contributed by atoms with Crippen LogP contribution in [-0.2, 0) is 4.74 Å². The summed E-state index contributed by atoms with van der Waals surface area (Å²) in [5.74, 6) is 0.125. The number of fused-ring (bicyclic) bond motifs is 1. The number of ketones is 1. The fourth-order valence-corrected chi connectivity index (χ4v) is 2.42. The van der Waals surface area contributed by atoms with Crippen LogP contribution in [0.15, 0.2) is 36.4 Å². The maximum absolute atomic E-state index is 12.3. The van der Waals surface area contributed by atoms with Crippen LogP contribution in [0.4, 0.5) is 5.69 Å². The van der Waals surface area contributed by atoms with Crippen molar-refractivity contribution in [2.45, 2.75) is 6.42 Å². The molecule has 1 aliphatic rings. The second kappa shape index (κ2) is 7.44. The predicted molar refractivity (Wildman–Crippen MR) is 92.5 cm³/mol. The van der Waals surface area contributed by atoms with E-state index in [2.05, 4.69) is 0 Å². The highest BCUT2D eigenvalue weighted by Crippen LogP contribution is 2.30. The van der Waals surface area contributed by atoms with Crippen LogP contribution in [0.5, 0.6) is 11.5 Å². The summed E-state index contributed by atoms with van der Waals surface area (Å²) >= 11 is 5.81. The molecule has 0 amide bonds. The number of Topliss-reactive ketones (excluding diaryl/α,β-unsaturated/α-hetero) is 1. The normalized spacial score (nSPS) is 13.0. The third-order valence-corrected chi connectivity index (χ3v) is 3.98. The summed E-state index contributed by atoms with van der Waals surface area (Å²) in [5.41, 5.74) is 6.53. The summed E-state index contributed by atoms with van der Waals surface area (Å²) in [6.07, 6.45) is 0.778. The summed E-state index contributed by atoms with van der Waals surface area (Å²) in [5, 5.41) is 0.347. The van der Waals surface area contributed by atoms with Crippen LogP contribution in [0, 0.1) is 0 Å². The number of anilines is 1. The lowest BCUT2D eigenvalue weighted by Gasteiger charge is -2.09.